The van der Waals surface area contributed by atoms with Crippen molar-refractivity contribution in [1.82, 2.24) is 14.5 Å². The molecular formula is C24H17BrCl3F2N5O10. The maximum absolute atomic E-state index is 15.0. The smallest absolute Gasteiger partial charge is 0.413 e. The van der Waals surface area contributed by atoms with Crippen LogP contribution in [0, 0.1) is 10.1 Å². The average molecular weight is 760 g/mol. The first kappa shape index (κ1) is 34.2. The lowest BCUT2D eigenvalue weighted by Crippen LogP contribution is -2.42. The second-order valence-electron chi connectivity index (χ2n) is 8.92. The number of rotatable bonds is 10. The fourth-order valence-electron chi connectivity index (χ4n) is 3.68. The van der Waals surface area contributed by atoms with Crippen LogP contribution in [0.25, 0.3) is 0 Å². The minimum Gasteiger partial charge on any atom is -0.465 e. The highest BCUT2D eigenvalue weighted by Gasteiger charge is 2.60. The number of aliphatic hydroxyl groups excluding tert-OH is 1. The van der Waals surface area contributed by atoms with Crippen molar-refractivity contribution in [2.75, 3.05) is 18.5 Å². The van der Waals surface area contributed by atoms with E-state index in [1.807, 2.05) is 0 Å². The predicted octanol–water partition coefficient (Wildman–Crippen LogP) is 4.53. The number of benzene rings is 1. The van der Waals surface area contributed by atoms with Crippen LogP contribution in [-0.4, -0.2) is 68.0 Å². The number of aliphatic hydroxyl groups is 1. The van der Waals surface area contributed by atoms with Gasteiger partial charge < -0.3 is 24.1 Å². The van der Waals surface area contributed by atoms with Gasteiger partial charge in [0.1, 0.15) is 24.3 Å². The maximum atomic E-state index is 15.0. The van der Waals surface area contributed by atoms with Gasteiger partial charge in [-0.25, -0.2) is 14.4 Å². The Morgan fingerprint density at radius 2 is 1.87 bits per heavy atom. The molecule has 3 heterocycles. The van der Waals surface area contributed by atoms with Gasteiger partial charge in [-0.3, -0.25) is 20.0 Å². The number of nitrogens with zero attached hydrogens (tertiary/aromatic N) is 4. The normalized spacial score (nSPS) is 18.7. The summed E-state index contributed by atoms with van der Waals surface area (Å²) in [5.41, 5.74) is -1.06. The van der Waals surface area contributed by atoms with Gasteiger partial charge in [-0.15, -0.1) is 0 Å². The molecule has 1 aliphatic rings. The highest BCUT2D eigenvalue weighted by atomic mass is 79.9. The van der Waals surface area contributed by atoms with E-state index in [4.69, 9.17) is 53.8 Å². The number of amides is 1. The molecule has 21 heteroatoms. The van der Waals surface area contributed by atoms with Crippen LogP contribution in [0.15, 0.2) is 45.8 Å². The fraction of sp³-hybridized carbons (Fsp3) is 0.292. The zero-order valence-electron chi connectivity index (χ0n) is 22.0. The van der Waals surface area contributed by atoms with Gasteiger partial charge in [0.15, 0.2) is 23.7 Å². The lowest BCUT2D eigenvalue weighted by molar-refractivity contribution is -0.384. The largest absolute Gasteiger partial charge is 0.465 e. The number of anilines is 1. The van der Waals surface area contributed by atoms with Crippen LogP contribution in [0.3, 0.4) is 0 Å². The first-order valence-electron chi connectivity index (χ1n) is 12.1. The van der Waals surface area contributed by atoms with Crippen LogP contribution in [0.1, 0.15) is 11.8 Å². The van der Waals surface area contributed by atoms with Crippen LogP contribution in [0.2, 0.25) is 15.2 Å². The number of esters is 1. The van der Waals surface area contributed by atoms with E-state index < -0.39 is 66.1 Å². The van der Waals surface area contributed by atoms with E-state index in [9.17, 15) is 38.4 Å². The number of carbonyl (C=O) groups is 2. The quantitative estimate of drug-likeness (QED) is 0.127. The molecule has 4 rings (SSSR count). The Balaban J connectivity index is 1.35. The number of nitro benzene ring substituents is 1. The third-order valence-electron chi connectivity index (χ3n) is 5.87. The number of nitrogens with one attached hydrogen (secondary N) is 1. The molecule has 45 heavy (non-hydrogen) atoms. The topological polar surface area (TPSA) is 194 Å². The lowest BCUT2D eigenvalue weighted by atomic mass is 10.1. The molecule has 1 saturated heterocycles. The Labute approximate surface area is 273 Å². The van der Waals surface area contributed by atoms with E-state index in [1.165, 1.54) is 30.3 Å². The van der Waals surface area contributed by atoms with Crippen LogP contribution >= 0.6 is 50.7 Å². The number of halogens is 6. The van der Waals surface area contributed by atoms with Gasteiger partial charge in [0, 0.05) is 18.3 Å². The zero-order chi connectivity index (χ0) is 33.1. The Kier molecular flexibility index (Phi) is 10.8. The number of ether oxygens (including phenoxy) is 4. The molecule has 2 N–H and O–H groups in total. The van der Waals surface area contributed by atoms with E-state index in [-0.39, 0.29) is 37.8 Å². The van der Waals surface area contributed by atoms with Crippen molar-refractivity contribution in [3.63, 3.8) is 0 Å². The number of aromatic nitrogens is 3. The summed E-state index contributed by atoms with van der Waals surface area (Å²) in [5.74, 6) is -5.78. The molecule has 1 aliphatic heterocycles. The molecule has 0 aliphatic carbocycles. The first-order chi connectivity index (χ1) is 21.2. The first-order valence-corrected chi connectivity index (χ1v) is 14.1. The summed E-state index contributed by atoms with van der Waals surface area (Å²) < 4.78 is 50.3. The number of hydrogen-bond donors (Lipinski definition) is 2. The number of alkyl halides is 2. The Bertz CT molecular complexity index is 1680. The molecule has 0 saturated carbocycles. The van der Waals surface area contributed by atoms with E-state index in [2.05, 4.69) is 31.2 Å². The van der Waals surface area contributed by atoms with Crippen molar-refractivity contribution in [2.45, 2.75) is 31.0 Å². The van der Waals surface area contributed by atoms with Crippen LogP contribution in [0.4, 0.5) is 25.1 Å². The van der Waals surface area contributed by atoms with Gasteiger partial charge in [-0.2, -0.15) is 18.7 Å². The average Bonchev–Trinajstić information content (AvgIpc) is 3.21. The SMILES string of the molecule is O=C(COc1nc(Cl)c(Cl)cc1Cl)OC[C@H]1O[C@@H](n2cc(Br)c(NC(=O)OCc3ccc([N+](=O)[O-])cc3)nc2=O)C(F)(F)C1O. The molecule has 3 aromatic rings. The second-order valence-corrected chi connectivity index (χ2v) is 10.9. The highest BCUT2D eigenvalue weighted by Crippen LogP contribution is 2.42. The molecule has 0 radical (unpaired) electrons. The molecule has 15 nitrogen and oxygen atoms in total. The molecule has 3 atom stereocenters. The van der Waals surface area contributed by atoms with Crippen LogP contribution in [-0.2, 0) is 25.6 Å². The molecule has 2 aromatic heterocycles. The minimum absolute atomic E-state index is 0.0334. The monoisotopic (exact) mass is 757 g/mol. The van der Waals surface area contributed by atoms with Gasteiger partial charge in [0.25, 0.3) is 5.69 Å². The molecule has 0 bridgehead atoms. The number of carbonyl (C=O) groups excluding carboxylic acids is 2. The van der Waals surface area contributed by atoms with E-state index in [1.54, 1.807) is 0 Å². The van der Waals surface area contributed by atoms with Crippen molar-refractivity contribution in [3.8, 4) is 5.88 Å². The Hall–Kier alpha value is -3.68. The van der Waals surface area contributed by atoms with E-state index >= 15 is 0 Å². The van der Waals surface area contributed by atoms with Crippen molar-refractivity contribution < 1.29 is 47.3 Å². The van der Waals surface area contributed by atoms with Crippen LogP contribution in [0.5, 0.6) is 5.88 Å². The molecule has 240 valence electrons. The van der Waals surface area contributed by atoms with E-state index in [0.717, 1.165) is 6.20 Å². The highest BCUT2D eigenvalue weighted by molar-refractivity contribution is 9.10. The van der Waals surface area contributed by atoms with Crippen molar-refractivity contribution in [2.24, 2.45) is 0 Å². The number of non-ortho nitro benzene ring substituents is 1. The summed E-state index contributed by atoms with van der Waals surface area (Å²) in [7, 11) is 0. The third-order valence-corrected chi connectivity index (χ3v) is 7.39. The number of nitro groups is 1. The van der Waals surface area contributed by atoms with Gasteiger partial charge >= 0.3 is 23.7 Å². The summed E-state index contributed by atoms with van der Waals surface area (Å²) in [6.07, 6.45) is -6.92. The Morgan fingerprint density at radius 1 is 1.18 bits per heavy atom. The molecule has 1 amide bonds. The Morgan fingerprint density at radius 3 is 2.53 bits per heavy atom. The standard InChI is InChI=1S/C24H17BrCl3F2N5O10/c25-12-6-34(22(38)32-19(12)33-23(39)44-7-10-1-3-11(4-2-10)35(40)41)21-24(29,30)17(37)15(45-21)8-42-16(36)9-43-20-14(27)5-13(26)18(28)31-20/h1-6,15,17,21,37H,7-9H2,(H,32,33,38,39)/t15-,17?,21-/m1/s1. The zero-order valence-corrected chi connectivity index (χ0v) is 25.8. The maximum Gasteiger partial charge on any atom is 0.413 e. The number of hydrogen-bond acceptors (Lipinski definition) is 12. The summed E-state index contributed by atoms with van der Waals surface area (Å²) in [5, 5.41) is 22.9. The minimum atomic E-state index is -4.06. The van der Waals surface area contributed by atoms with E-state index in [0.29, 0.717) is 10.1 Å². The second kappa shape index (κ2) is 14.2. The molecule has 1 fully saturated rings. The van der Waals surface area contributed by atoms with Crippen LogP contribution < -0.4 is 15.7 Å². The molecule has 0 spiro atoms. The fourth-order valence-corrected chi connectivity index (χ4v) is 4.63. The summed E-state index contributed by atoms with van der Waals surface area (Å²) in [6.45, 7) is -1.92. The molecule has 1 aromatic carbocycles. The predicted molar refractivity (Wildman–Crippen MR) is 154 cm³/mol. The lowest BCUT2D eigenvalue weighted by Gasteiger charge is -2.21. The summed E-state index contributed by atoms with van der Waals surface area (Å²) in [4.78, 5) is 54.4. The molecule has 1 unspecified atom stereocenters. The van der Waals surface area contributed by atoms with Gasteiger partial charge in [0.2, 0.25) is 12.1 Å². The van der Waals surface area contributed by atoms with Gasteiger partial charge in [-0.05, 0) is 39.7 Å². The van der Waals surface area contributed by atoms with Crippen molar-refractivity contribution >= 4 is 74.3 Å². The molecular weight excluding hydrogens is 743 g/mol. The third kappa shape index (κ3) is 8.13. The van der Waals surface area contributed by atoms with Gasteiger partial charge in [0.05, 0.1) is 14.4 Å². The van der Waals surface area contributed by atoms with Gasteiger partial charge in [-0.1, -0.05) is 34.8 Å². The summed E-state index contributed by atoms with van der Waals surface area (Å²) >= 11 is 20.4. The van der Waals surface area contributed by atoms with Crippen molar-refractivity contribution in [1.29, 1.82) is 0 Å². The number of pyridine rings is 1. The summed E-state index contributed by atoms with van der Waals surface area (Å²) in [6, 6.07) is 6.37. The van der Waals surface area contributed by atoms with Crippen molar-refractivity contribution in [3.05, 3.63) is 82.4 Å².